The summed E-state index contributed by atoms with van der Waals surface area (Å²) in [5.41, 5.74) is 3.48. The number of amidine groups is 1. The van der Waals surface area contributed by atoms with Gasteiger partial charge in [-0.3, -0.25) is 0 Å². The SMILES string of the molecule is SC(=Nc1ccccc1)NOc1ccccc1. The normalized spacial score (nSPS) is 11.0. The number of hydrogen-bond acceptors (Lipinski definition) is 2. The first-order valence-electron chi connectivity index (χ1n) is 5.15. The fourth-order valence-electron chi connectivity index (χ4n) is 1.24. The van der Waals surface area contributed by atoms with E-state index in [1.165, 1.54) is 0 Å². The molecule has 4 heteroatoms. The van der Waals surface area contributed by atoms with Crippen molar-refractivity contribution in [2.24, 2.45) is 4.99 Å². The van der Waals surface area contributed by atoms with E-state index in [9.17, 15) is 0 Å². The lowest BCUT2D eigenvalue weighted by Gasteiger charge is -2.06. The van der Waals surface area contributed by atoms with Crippen LogP contribution < -0.4 is 10.3 Å². The van der Waals surface area contributed by atoms with Crippen LogP contribution in [0.5, 0.6) is 5.75 Å². The van der Waals surface area contributed by atoms with Gasteiger partial charge in [-0.05, 0) is 24.3 Å². The fraction of sp³-hybridized carbons (Fsp3) is 0. The van der Waals surface area contributed by atoms with Crippen LogP contribution in [0.1, 0.15) is 0 Å². The first-order chi connectivity index (χ1) is 8.34. The zero-order valence-electron chi connectivity index (χ0n) is 9.08. The van der Waals surface area contributed by atoms with Crippen molar-refractivity contribution in [2.75, 3.05) is 0 Å². The van der Waals surface area contributed by atoms with Crippen molar-refractivity contribution in [3.8, 4) is 5.75 Å². The molecule has 17 heavy (non-hydrogen) atoms. The Hall–Kier alpha value is -1.94. The largest absolute Gasteiger partial charge is 0.380 e. The van der Waals surface area contributed by atoms with E-state index in [-0.39, 0.29) is 0 Å². The van der Waals surface area contributed by atoms with Crippen molar-refractivity contribution >= 4 is 23.5 Å². The van der Waals surface area contributed by atoms with Crippen LogP contribution in [0.15, 0.2) is 65.7 Å². The van der Waals surface area contributed by atoms with E-state index in [0.29, 0.717) is 10.9 Å². The molecule has 0 spiro atoms. The highest BCUT2D eigenvalue weighted by Gasteiger charge is 1.94. The lowest BCUT2D eigenvalue weighted by atomic mass is 10.3. The third kappa shape index (κ3) is 3.85. The molecule has 2 aromatic carbocycles. The Morgan fingerprint density at radius 1 is 0.941 bits per heavy atom. The first kappa shape index (κ1) is 11.5. The predicted molar refractivity (Wildman–Crippen MR) is 72.7 cm³/mol. The molecule has 0 bridgehead atoms. The van der Waals surface area contributed by atoms with Gasteiger partial charge in [-0.1, -0.05) is 36.4 Å². The van der Waals surface area contributed by atoms with Crippen LogP contribution in [0.25, 0.3) is 0 Å². The van der Waals surface area contributed by atoms with E-state index in [2.05, 4.69) is 23.1 Å². The lowest BCUT2D eigenvalue weighted by Crippen LogP contribution is -2.22. The Kier molecular flexibility index (Phi) is 4.05. The van der Waals surface area contributed by atoms with Crippen molar-refractivity contribution in [3.63, 3.8) is 0 Å². The molecule has 0 amide bonds. The number of benzene rings is 2. The smallest absolute Gasteiger partial charge is 0.192 e. The maximum atomic E-state index is 5.28. The molecule has 86 valence electrons. The maximum Gasteiger partial charge on any atom is 0.192 e. The van der Waals surface area contributed by atoms with Crippen LogP contribution in [-0.4, -0.2) is 5.17 Å². The van der Waals surface area contributed by atoms with E-state index in [1.54, 1.807) is 0 Å². The van der Waals surface area contributed by atoms with Crippen LogP contribution in [0.4, 0.5) is 5.69 Å². The highest BCUT2D eigenvalue weighted by Crippen LogP contribution is 2.11. The van der Waals surface area contributed by atoms with Crippen LogP contribution in [0.3, 0.4) is 0 Å². The Balaban J connectivity index is 1.94. The zero-order chi connectivity index (χ0) is 11.9. The van der Waals surface area contributed by atoms with Crippen molar-refractivity contribution in [1.29, 1.82) is 0 Å². The van der Waals surface area contributed by atoms with Crippen LogP contribution >= 0.6 is 12.6 Å². The average Bonchev–Trinajstić information content (AvgIpc) is 2.39. The molecule has 0 atom stereocenters. The van der Waals surface area contributed by atoms with Gasteiger partial charge in [-0.25, -0.2) is 4.99 Å². The van der Waals surface area contributed by atoms with E-state index in [4.69, 9.17) is 4.84 Å². The van der Waals surface area contributed by atoms with Crippen LogP contribution in [-0.2, 0) is 0 Å². The molecule has 2 rings (SSSR count). The molecule has 0 unspecified atom stereocenters. The summed E-state index contributed by atoms with van der Waals surface area (Å²) in [4.78, 5) is 9.50. The fourth-order valence-corrected chi connectivity index (χ4v) is 1.40. The van der Waals surface area contributed by atoms with Gasteiger partial charge in [-0.2, -0.15) is 5.48 Å². The Morgan fingerprint density at radius 2 is 1.53 bits per heavy atom. The summed E-state index contributed by atoms with van der Waals surface area (Å²) in [5, 5.41) is 0.403. The molecule has 0 aliphatic heterocycles. The highest BCUT2D eigenvalue weighted by molar-refractivity contribution is 7.96. The second kappa shape index (κ2) is 5.96. The maximum absolute atomic E-state index is 5.28. The molecule has 0 aromatic heterocycles. The molecule has 0 aliphatic carbocycles. The summed E-state index contributed by atoms with van der Waals surface area (Å²) >= 11 is 4.19. The zero-order valence-corrected chi connectivity index (χ0v) is 9.97. The molecular formula is C13H12N2OS. The van der Waals surface area contributed by atoms with Crippen LogP contribution in [0.2, 0.25) is 0 Å². The minimum absolute atomic E-state index is 0.403. The van der Waals surface area contributed by atoms with Gasteiger partial charge in [0, 0.05) is 0 Å². The first-order valence-corrected chi connectivity index (χ1v) is 5.60. The second-order valence-electron chi connectivity index (χ2n) is 3.29. The van der Waals surface area contributed by atoms with Gasteiger partial charge in [-0.15, -0.1) is 12.6 Å². The minimum atomic E-state index is 0.403. The summed E-state index contributed by atoms with van der Waals surface area (Å²) in [7, 11) is 0. The summed E-state index contributed by atoms with van der Waals surface area (Å²) < 4.78 is 0. The lowest BCUT2D eigenvalue weighted by molar-refractivity contribution is 0.266. The number of nitrogens with zero attached hydrogens (tertiary/aromatic N) is 1. The number of thiol groups is 1. The molecule has 2 aromatic rings. The van der Waals surface area contributed by atoms with Crippen molar-refractivity contribution in [1.82, 2.24) is 5.48 Å². The molecule has 3 nitrogen and oxygen atoms in total. The Labute approximate surface area is 106 Å². The summed E-state index contributed by atoms with van der Waals surface area (Å²) in [6.45, 7) is 0. The van der Waals surface area contributed by atoms with Gasteiger partial charge in [0.1, 0.15) is 0 Å². The van der Waals surface area contributed by atoms with Crippen molar-refractivity contribution < 1.29 is 4.84 Å². The van der Waals surface area contributed by atoms with Gasteiger partial charge in [0.05, 0.1) is 5.69 Å². The molecule has 0 fully saturated rings. The summed E-state index contributed by atoms with van der Waals surface area (Å²) in [6.07, 6.45) is 0. The number of hydroxylamine groups is 1. The predicted octanol–water partition coefficient (Wildman–Crippen LogP) is 3.19. The second-order valence-corrected chi connectivity index (χ2v) is 3.71. The van der Waals surface area contributed by atoms with Gasteiger partial charge in [0.15, 0.2) is 10.9 Å². The van der Waals surface area contributed by atoms with E-state index < -0.39 is 0 Å². The Morgan fingerprint density at radius 3 is 2.18 bits per heavy atom. The Bertz CT molecular complexity index is 485. The molecular weight excluding hydrogens is 232 g/mol. The van der Waals surface area contributed by atoms with Gasteiger partial charge < -0.3 is 4.84 Å². The average molecular weight is 244 g/mol. The highest BCUT2D eigenvalue weighted by atomic mass is 32.1. The molecule has 1 N–H and O–H groups in total. The monoisotopic (exact) mass is 244 g/mol. The molecule has 0 heterocycles. The van der Waals surface area contributed by atoms with Crippen LogP contribution in [0, 0.1) is 0 Å². The summed E-state index contributed by atoms with van der Waals surface area (Å²) in [5.74, 6) is 0.710. The topological polar surface area (TPSA) is 33.6 Å². The standard InChI is InChI=1S/C13H12N2OS/c17-13(14-11-7-3-1-4-8-11)15-16-12-9-5-2-6-10-12/h1-10H,(H2,14,15,17). The van der Waals surface area contributed by atoms with E-state index in [1.807, 2.05) is 60.7 Å². The molecule has 0 saturated heterocycles. The third-order valence-corrected chi connectivity index (χ3v) is 2.19. The number of nitrogens with one attached hydrogen (secondary N) is 1. The third-order valence-electron chi connectivity index (χ3n) is 1.99. The minimum Gasteiger partial charge on any atom is -0.380 e. The van der Waals surface area contributed by atoms with Gasteiger partial charge in [0.2, 0.25) is 0 Å². The van der Waals surface area contributed by atoms with Crippen molar-refractivity contribution in [2.45, 2.75) is 0 Å². The molecule has 0 radical (unpaired) electrons. The van der Waals surface area contributed by atoms with Crippen molar-refractivity contribution in [3.05, 3.63) is 60.7 Å². The number of aliphatic imine (C=N–C) groups is 1. The number of hydrogen-bond donors (Lipinski definition) is 2. The molecule has 0 aliphatic rings. The van der Waals surface area contributed by atoms with E-state index in [0.717, 1.165) is 5.69 Å². The van der Waals surface area contributed by atoms with Gasteiger partial charge >= 0.3 is 0 Å². The quantitative estimate of drug-likeness (QED) is 0.376. The molecule has 0 saturated carbocycles. The summed E-state index contributed by atoms with van der Waals surface area (Å²) in [6, 6.07) is 18.9. The van der Waals surface area contributed by atoms with Gasteiger partial charge in [0.25, 0.3) is 0 Å². The number of rotatable bonds is 3. The number of para-hydroxylation sites is 2. The van der Waals surface area contributed by atoms with E-state index >= 15 is 0 Å².